The van der Waals surface area contributed by atoms with Gasteiger partial charge < -0.3 is 10.3 Å². The number of sulfonamides is 1. The van der Waals surface area contributed by atoms with Crippen LogP contribution in [0.1, 0.15) is 29.8 Å². The fraction of sp³-hybridized carbons (Fsp3) is 0.227. The summed E-state index contributed by atoms with van der Waals surface area (Å²) in [5.41, 5.74) is 1.85. The number of H-pyrrole nitrogens is 1. The molecule has 0 fully saturated rings. The Hall–Kier alpha value is -3.90. The third-order valence-electron chi connectivity index (χ3n) is 5.49. The molecule has 0 bridgehead atoms. The van der Waals surface area contributed by atoms with Gasteiger partial charge in [0.1, 0.15) is 6.33 Å². The van der Waals surface area contributed by atoms with Crippen LogP contribution in [-0.2, 0) is 10.0 Å². The minimum Gasteiger partial charge on any atom is -0.322 e. The van der Waals surface area contributed by atoms with Crippen LogP contribution < -0.4 is 10.9 Å². The zero-order valence-electron chi connectivity index (χ0n) is 18.8. The van der Waals surface area contributed by atoms with Crippen LogP contribution in [0.25, 0.3) is 16.6 Å². The maximum Gasteiger partial charge on any atom is 0.256 e. The zero-order chi connectivity index (χ0) is 24.5. The van der Waals surface area contributed by atoms with Crippen molar-refractivity contribution >= 4 is 32.5 Å². The molecule has 0 aliphatic carbocycles. The predicted octanol–water partition coefficient (Wildman–Crippen LogP) is 2.10. The number of tetrazole rings is 1. The molecule has 34 heavy (non-hydrogen) atoms. The molecule has 0 unspecified atom stereocenters. The van der Waals surface area contributed by atoms with Crippen LogP contribution in [0.2, 0.25) is 0 Å². The molecule has 1 amide bonds. The van der Waals surface area contributed by atoms with Gasteiger partial charge in [-0.3, -0.25) is 9.59 Å². The number of hydrogen-bond acceptors (Lipinski definition) is 7. The van der Waals surface area contributed by atoms with Gasteiger partial charge in [-0.1, -0.05) is 19.9 Å². The number of fused-ring (bicyclic) bond motifs is 1. The second kappa shape index (κ2) is 9.15. The number of carbonyl (C=O) groups excluding carboxylic acids is 1. The van der Waals surface area contributed by atoms with Crippen LogP contribution in [0.15, 0.2) is 58.5 Å². The van der Waals surface area contributed by atoms with Gasteiger partial charge in [-0.05, 0) is 53.2 Å². The number of amides is 1. The summed E-state index contributed by atoms with van der Waals surface area (Å²) >= 11 is 0. The summed E-state index contributed by atoms with van der Waals surface area (Å²) in [6, 6.07) is 10.8. The summed E-state index contributed by atoms with van der Waals surface area (Å²) in [5, 5.41) is 14.2. The molecule has 2 N–H and O–H groups in total. The van der Waals surface area contributed by atoms with Crippen LogP contribution in [0.5, 0.6) is 0 Å². The van der Waals surface area contributed by atoms with Crippen LogP contribution in [0.4, 0.5) is 5.69 Å². The quantitative estimate of drug-likeness (QED) is 0.411. The van der Waals surface area contributed by atoms with Crippen molar-refractivity contribution < 1.29 is 13.2 Å². The number of benzene rings is 2. The molecule has 4 aromatic rings. The Balaban J connectivity index is 1.78. The highest BCUT2D eigenvalue weighted by atomic mass is 32.2. The Kier molecular flexibility index (Phi) is 6.26. The second-order valence-corrected chi connectivity index (χ2v) is 9.49. The van der Waals surface area contributed by atoms with E-state index in [1.54, 1.807) is 32.0 Å². The maximum atomic E-state index is 13.3. The first-order chi connectivity index (χ1) is 16.2. The topological polar surface area (TPSA) is 143 Å². The van der Waals surface area contributed by atoms with Gasteiger partial charge in [0.05, 0.1) is 16.1 Å². The van der Waals surface area contributed by atoms with E-state index in [1.165, 1.54) is 33.5 Å². The smallest absolute Gasteiger partial charge is 0.256 e. The van der Waals surface area contributed by atoms with Crippen LogP contribution in [0, 0.1) is 6.92 Å². The first kappa shape index (κ1) is 23.3. The minimum absolute atomic E-state index is 0.0432. The molecule has 12 heteroatoms. The van der Waals surface area contributed by atoms with E-state index >= 15 is 0 Å². The Labute approximate surface area is 195 Å². The van der Waals surface area contributed by atoms with Gasteiger partial charge in [-0.15, -0.1) is 5.10 Å². The fourth-order valence-corrected chi connectivity index (χ4v) is 5.13. The minimum atomic E-state index is -3.75. The van der Waals surface area contributed by atoms with Gasteiger partial charge >= 0.3 is 0 Å². The number of pyridine rings is 1. The number of aryl methyl sites for hydroxylation is 1. The summed E-state index contributed by atoms with van der Waals surface area (Å²) in [4.78, 5) is 28.2. The van der Waals surface area contributed by atoms with E-state index in [4.69, 9.17) is 0 Å². The lowest BCUT2D eigenvalue weighted by atomic mass is 10.1. The molecule has 0 spiro atoms. The highest BCUT2D eigenvalue weighted by Crippen LogP contribution is 2.25. The van der Waals surface area contributed by atoms with Gasteiger partial charge in [0.15, 0.2) is 0 Å². The highest BCUT2D eigenvalue weighted by molar-refractivity contribution is 7.89. The van der Waals surface area contributed by atoms with Crippen molar-refractivity contribution in [1.29, 1.82) is 0 Å². The zero-order valence-corrected chi connectivity index (χ0v) is 19.6. The lowest BCUT2D eigenvalue weighted by molar-refractivity contribution is 0.102. The summed E-state index contributed by atoms with van der Waals surface area (Å²) in [5.74, 6) is -0.551. The lowest BCUT2D eigenvalue weighted by Gasteiger charge is -2.19. The van der Waals surface area contributed by atoms with Gasteiger partial charge in [0.25, 0.3) is 5.91 Å². The van der Waals surface area contributed by atoms with Crippen LogP contribution in [-0.4, -0.2) is 56.9 Å². The van der Waals surface area contributed by atoms with Gasteiger partial charge in [-0.2, -0.15) is 4.31 Å². The SMILES string of the molecule is CCN(CC)S(=O)(=O)c1ccc2[nH]c(=O)cc(C(=O)Nc3cc(-n4cnnn4)ccc3C)c2c1. The average Bonchev–Trinajstić information content (AvgIpc) is 3.35. The molecule has 2 heterocycles. The normalized spacial score (nSPS) is 11.8. The summed E-state index contributed by atoms with van der Waals surface area (Å²) in [6.07, 6.45) is 1.43. The van der Waals surface area contributed by atoms with Crippen LogP contribution in [0.3, 0.4) is 0 Å². The molecule has 2 aromatic carbocycles. The van der Waals surface area contributed by atoms with Crippen molar-refractivity contribution in [1.82, 2.24) is 29.5 Å². The number of nitrogens with one attached hydrogen (secondary N) is 2. The Morgan fingerprint density at radius 3 is 2.56 bits per heavy atom. The largest absolute Gasteiger partial charge is 0.322 e. The standard InChI is InChI=1S/C22H23N7O4S/c1-4-28(5-2)34(32,33)16-8-9-19-17(11-16)18(12-21(30)24-19)22(31)25-20-10-15(7-6-14(20)3)29-13-23-26-27-29/h6-13H,4-5H2,1-3H3,(H,24,30)(H,25,31). The summed E-state index contributed by atoms with van der Waals surface area (Å²) in [6.45, 7) is 5.96. The molecule has 2 aromatic heterocycles. The second-order valence-electron chi connectivity index (χ2n) is 7.55. The molecule has 0 radical (unpaired) electrons. The monoisotopic (exact) mass is 481 g/mol. The van der Waals surface area contributed by atoms with Crippen molar-refractivity contribution in [3.05, 3.63) is 70.3 Å². The first-order valence-electron chi connectivity index (χ1n) is 10.6. The molecular formula is C22H23N7O4S. The number of aromatic nitrogens is 5. The van der Waals surface area contributed by atoms with E-state index in [0.717, 1.165) is 11.6 Å². The van der Waals surface area contributed by atoms with Crippen molar-refractivity contribution in [2.24, 2.45) is 0 Å². The Morgan fingerprint density at radius 2 is 1.88 bits per heavy atom. The summed E-state index contributed by atoms with van der Waals surface area (Å²) < 4.78 is 28.8. The number of carbonyl (C=O) groups is 1. The third kappa shape index (κ3) is 4.32. The number of aromatic amines is 1. The lowest BCUT2D eigenvalue weighted by Crippen LogP contribution is -2.30. The molecule has 176 valence electrons. The van der Waals surface area contributed by atoms with E-state index in [-0.39, 0.29) is 10.5 Å². The predicted molar refractivity (Wildman–Crippen MR) is 127 cm³/mol. The van der Waals surface area contributed by atoms with E-state index in [9.17, 15) is 18.0 Å². The van der Waals surface area contributed by atoms with Crippen molar-refractivity contribution in [2.45, 2.75) is 25.7 Å². The van der Waals surface area contributed by atoms with Crippen LogP contribution >= 0.6 is 0 Å². The highest BCUT2D eigenvalue weighted by Gasteiger charge is 2.23. The number of rotatable bonds is 7. The van der Waals surface area contributed by atoms with E-state index in [0.29, 0.717) is 35.4 Å². The molecule has 4 rings (SSSR count). The van der Waals surface area contributed by atoms with Gasteiger partial charge in [-0.25, -0.2) is 13.1 Å². The van der Waals surface area contributed by atoms with Crippen molar-refractivity contribution in [2.75, 3.05) is 18.4 Å². The number of hydrogen-bond donors (Lipinski definition) is 2. The third-order valence-corrected chi connectivity index (χ3v) is 7.53. The average molecular weight is 482 g/mol. The molecule has 0 aliphatic heterocycles. The van der Waals surface area contributed by atoms with E-state index < -0.39 is 21.5 Å². The molecule has 0 saturated heterocycles. The van der Waals surface area contributed by atoms with Crippen molar-refractivity contribution in [3.63, 3.8) is 0 Å². The number of nitrogens with zero attached hydrogens (tertiary/aromatic N) is 5. The van der Waals surface area contributed by atoms with E-state index in [1.807, 2.05) is 6.92 Å². The number of anilines is 1. The van der Waals surface area contributed by atoms with Crippen molar-refractivity contribution in [3.8, 4) is 5.69 Å². The molecule has 0 aliphatic rings. The molecule has 0 saturated carbocycles. The molecular weight excluding hydrogens is 458 g/mol. The molecule has 0 atom stereocenters. The first-order valence-corrected chi connectivity index (χ1v) is 12.0. The summed E-state index contributed by atoms with van der Waals surface area (Å²) in [7, 11) is -3.75. The maximum absolute atomic E-state index is 13.3. The molecule has 11 nitrogen and oxygen atoms in total. The van der Waals surface area contributed by atoms with Gasteiger partial charge in [0, 0.05) is 35.7 Å². The fourth-order valence-electron chi connectivity index (χ4n) is 3.65. The Morgan fingerprint density at radius 1 is 1.12 bits per heavy atom. The van der Waals surface area contributed by atoms with Gasteiger partial charge in [0.2, 0.25) is 15.6 Å². The van der Waals surface area contributed by atoms with E-state index in [2.05, 4.69) is 25.8 Å². The Bertz CT molecular complexity index is 1520.